The Morgan fingerprint density at radius 1 is 1.50 bits per heavy atom. The van der Waals surface area contributed by atoms with E-state index >= 15 is 0 Å². The van der Waals surface area contributed by atoms with E-state index in [4.69, 9.17) is 5.73 Å². The number of aromatic nitrogens is 1. The van der Waals surface area contributed by atoms with Crippen molar-refractivity contribution in [1.82, 2.24) is 8.87 Å². The van der Waals surface area contributed by atoms with E-state index in [-0.39, 0.29) is 11.8 Å². The van der Waals surface area contributed by atoms with E-state index in [2.05, 4.69) is 0 Å². The summed E-state index contributed by atoms with van der Waals surface area (Å²) in [5, 5.41) is 0. The average Bonchev–Trinajstić information content (AvgIpc) is 2.71. The quantitative estimate of drug-likeness (QED) is 0.877. The molecule has 1 atom stereocenters. The molecule has 0 bridgehead atoms. The van der Waals surface area contributed by atoms with Crippen LogP contribution in [0, 0.1) is 0 Å². The number of rotatable bonds is 4. The molecule has 1 aromatic rings. The molecule has 1 heterocycles. The van der Waals surface area contributed by atoms with Crippen molar-refractivity contribution >= 4 is 10.0 Å². The molecule has 0 aliphatic heterocycles. The number of hydrogen-bond acceptors (Lipinski definition) is 3. The standard InChI is InChI=1S/C12H21N3O2S/c1-14(2)18(16,17)9-8-15-7-6-10-11(13)4-3-5-12(10)15/h6-7,11H,3-5,8-9,13H2,1-2H3. The Morgan fingerprint density at radius 3 is 2.89 bits per heavy atom. The van der Waals surface area contributed by atoms with E-state index < -0.39 is 10.0 Å². The zero-order valence-electron chi connectivity index (χ0n) is 11.0. The highest BCUT2D eigenvalue weighted by Gasteiger charge is 2.21. The molecule has 0 fully saturated rings. The first-order valence-electron chi connectivity index (χ1n) is 6.25. The molecule has 1 unspecified atom stereocenters. The summed E-state index contributed by atoms with van der Waals surface area (Å²) in [6.45, 7) is 0.503. The molecular formula is C12H21N3O2S. The highest BCUT2D eigenvalue weighted by atomic mass is 32.2. The molecule has 5 nitrogen and oxygen atoms in total. The molecule has 0 radical (unpaired) electrons. The number of sulfonamides is 1. The number of nitrogens with two attached hydrogens (primary N) is 1. The molecule has 0 amide bonds. The largest absolute Gasteiger partial charge is 0.350 e. The smallest absolute Gasteiger partial charge is 0.215 e. The Kier molecular flexibility index (Phi) is 3.79. The number of aryl methyl sites for hydroxylation is 1. The fourth-order valence-corrected chi connectivity index (χ4v) is 3.19. The first-order valence-corrected chi connectivity index (χ1v) is 7.86. The summed E-state index contributed by atoms with van der Waals surface area (Å²) in [6.07, 6.45) is 5.06. The molecular weight excluding hydrogens is 250 g/mol. The second kappa shape index (κ2) is 5.03. The fraction of sp³-hybridized carbons (Fsp3) is 0.667. The van der Waals surface area contributed by atoms with Gasteiger partial charge in [0.1, 0.15) is 0 Å². The fourth-order valence-electron chi connectivity index (χ4n) is 2.40. The minimum Gasteiger partial charge on any atom is -0.350 e. The zero-order valence-corrected chi connectivity index (χ0v) is 11.8. The van der Waals surface area contributed by atoms with Crippen molar-refractivity contribution in [1.29, 1.82) is 0 Å². The second-order valence-electron chi connectivity index (χ2n) is 5.01. The molecule has 2 rings (SSSR count). The summed E-state index contributed by atoms with van der Waals surface area (Å²) in [7, 11) is -0.00140. The Hall–Kier alpha value is -0.850. The number of hydrogen-bond donors (Lipinski definition) is 1. The van der Waals surface area contributed by atoms with Gasteiger partial charge in [-0.3, -0.25) is 0 Å². The summed E-state index contributed by atoms with van der Waals surface area (Å²) < 4.78 is 26.8. The summed E-state index contributed by atoms with van der Waals surface area (Å²) in [6, 6.07) is 2.14. The number of nitrogens with zero attached hydrogens (tertiary/aromatic N) is 2. The molecule has 0 spiro atoms. The van der Waals surface area contributed by atoms with Gasteiger partial charge in [0.05, 0.1) is 5.75 Å². The van der Waals surface area contributed by atoms with Gasteiger partial charge in [-0.1, -0.05) is 0 Å². The lowest BCUT2D eigenvalue weighted by atomic mass is 9.94. The maximum absolute atomic E-state index is 11.7. The predicted molar refractivity (Wildman–Crippen MR) is 71.8 cm³/mol. The van der Waals surface area contributed by atoms with Crippen LogP contribution >= 0.6 is 0 Å². The maximum Gasteiger partial charge on any atom is 0.215 e. The van der Waals surface area contributed by atoms with Crippen LogP contribution in [-0.2, 0) is 23.0 Å². The van der Waals surface area contributed by atoms with Crippen molar-refractivity contribution in [2.75, 3.05) is 19.8 Å². The molecule has 1 aliphatic carbocycles. The average molecular weight is 271 g/mol. The van der Waals surface area contributed by atoms with Crippen LogP contribution in [0.25, 0.3) is 0 Å². The zero-order chi connectivity index (χ0) is 13.3. The van der Waals surface area contributed by atoms with Crippen molar-refractivity contribution in [2.24, 2.45) is 5.73 Å². The lowest BCUT2D eigenvalue weighted by molar-refractivity contribution is 0.510. The van der Waals surface area contributed by atoms with Crippen LogP contribution in [0.2, 0.25) is 0 Å². The van der Waals surface area contributed by atoms with Gasteiger partial charge in [0.2, 0.25) is 10.0 Å². The molecule has 0 saturated heterocycles. The van der Waals surface area contributed by atoms with E-state index in [1.54, 1.807) is 14.1 Å². The molecule has 0 aromatic carbocycles. The van der Waals surface area contributed by atoms with E-state index in [9.17, 15) is 8.42 Å². The molecule has 2 N–H and O–H groups in total. The molecule has 6 heteroatoms. The normalized spacial score (nSPS) is 20.1. The van der Waals surface area contributed by atoms with E-state index in [1.165, 1.54) is 15.6 Å². The van der Waals surface area contributed by atoms with Gasteiger partial charge in [0.25, 0.3) is 0 Å². The van der Waals surface area contributed by atoms with Crippen LogP contribution in [0.5, 0.6) is 0 Å². The molecule has 18 heavy (non-hydrogen) atoms. The third-order valence-corrected chi connectivity index (χ3v) is 5.40. The lowest BCUT2D eigenvalue weighted by Gasteiger charge is -2.21. The van der Waals surface area contributed by atoms with Crippen LogP contribution in [0.15, 0.2) is 12.3 Å². The lowest BCUT2D eigenvalue weighted by Crippen LogP contribution is -2.28. The van der Waals surface area contributed by atoms with Crippen LogP contribution in [0.3, 0.4) is 0 Å². The minimum absolute atomic E-state index is 0.112. The highest BCUT2D eigenvalue weighted by molar-refractivity contribution is 7.89. The number of fused-ring (bicyclic) bond motifs is 1. The summed E-state index contributed by atoms with van der Waals surface area (Å²) in [5.41, 5.74) is 8.44. The second-order valence-corrected chi connectivity index (χ2v) is 7.31. The van der Waals surface area contributed by atoms with E-state index in [0.29, 0.717) is 6.54 Å². The Morgan fingerprint density at radius 2 is 2.22 bits per heavy atom. The summed E-state index contributed by atoms with van der Waals surface area (Å²) in [4.78, 5) is 0. The van der Waals surface area contributed by atoms with Crippen molar-refractivity contribution in [3.8, 4) is 0 Å². The third kappa shape index (κ3) is 2.60. The van der Waals surface area contributed by atoms with Gasteiger partial charge in [0.15, 0.2) is 0 Å². The van der Waals surface area contributed by atoms with Crippen LogP contribution in [0.4, 0.5) is 0 Å². The van der Waals surface area contributed by atoms with Crippen LogP contribution < -0.4 is 5.73 Å². The Balaban J connectivity index is 2.12. The first-order chi connectivity index (χ1) is 8.42. The maximum atomic E-state index is 11.7. The van der Waals surface area contributed by atoms with Gasteiger partial charge in [-0.05, 0) is 30.9 Å². The van der Waals surface area contributed by atoms with Gasteiger partial charge >= 0.3 is 0 Å². The summed E-state index contributed by atoms with van der Waals surface area (Å²) in [5.74, 6) is 0.135. The van der Waals surface area contributed by atoms with E-state index in [0.717, 1.165) is 19.3 Å². The van der Waals surface area contributed by atoms with Gasteiger partial charge in [-0.15, -0.1) is 0 Å². The van der Waals surface area contributed by atoms with Gasteiger partial charge in [-0.2, -0.15) is 0 Å². The Bertz CT molecular complexity index is 519. The molecule has 102 valence electrons. The summed E-state index contributed by atoms with van der Waals surface area (Å²) >= 11 is 0. The topological polar surface area (TPSA) is 68.3 Å². The molecule has 1 aromatic heterocycles. The van der Waals surface area contributed by atoms with Crippen molar-refractivity contribution in [2.45, 2.75) is 31.8 Å². The van der Waals surface area contributed by atoms with Gasteiger partial charge in [-0.25, -0.2) is 12.7 Å². The highest BCUT2D eigenvalue weighted by Crippen LogP contribution is 2.28. The van der Waals surface area contributed by atoms with E-state index in [1.807, 2.05) is 16.8 Å². The van der Waals surface area contributed by atoms with Crippen molar-refractivity contribution < 1.29 is 8.42 Å². The van der Waals surface area contributed by atoms with Gasteiger partial charge < -0.3 is 10.3 Å². The third-order valence-electron chi connectivity index (χ3n) is 3.59. The van der Waals surface area contributed by atoms with Crippen LogP contribution in [0.1, 0.15) is 30.1 Å². The van der Waals surface area contributed by atoms with Gasteiger partial charge in [0, 0.05) is 38.6 Å². The molecule has 1 aliphatic rings. The monoisotopic (exact) mass is 271 g/mol. The minimum atomic E-state index is -3.13. The molecule has 0 saturated carbocycles. The Labute approximate surface area is 109 Å². The SMILES string of the molecule is CN(C)S(=O)(=O)CCn1ccc2c1CCCC2N. The van der Waals surface area contributed by atoms with Crippen molar-refractivity contribution in [3.05, 3.63) is 23.5 Å². The first kappa shape index (κ1) is 13.6. The predicted octanol–water partition coefficient (Wildman–Crippen LogP) is 0.716. The van der Waals surface area contributed by atoms with Crippen molar-refractivity contribution in [3.63, 3.8) is 0 Å². The van der Waals surface area contributed by atoms with Crippen LogP contribution in [-0.4, -0.2) is 37.1 Å².